The van der Waals surface area contributed by atoms with E-state index in [0.717, 1.165) is 57.3 Å². The second-order valence-electron chi connectivity index (χ2n) is 8.60. The average molecular weight is 400 g/mol. The van der Waals surface area contributed by atoms with Crippen molar-refractivity contribution < 1.29 is 4.79 Å². The Kier molecular flexibility index (Phi) is 11.0. The minimum atomic E-state index is 0.315. The van der Waals surface area contributed by atoms with Gasteiger partial charge in [-0.1, -0.05) is 64.2 Å². The Labute approximate surface area is 178 Å². The minimum Gasteiger partial charge on any atom is -0.354 e. The highest BCUT2D eigenvalue weighted by molar-refractivity contribution is 5.79. The Morgan fingerprint density at radius 3 is 2.10 bits per heavy atom. The van der Waals surface area contributed by atoms with E-state index in [1.54, 1.807) is 6.92 Å². The first-order valence-corrected chi connectivity index (χ1v) is 11.6. The van der Waals surface area contributed by atoms with Crippen molar-refractivity contribution in [3.8, 4) is 0 Å². The molecule has 1 aromatic heterocycles. The number of nitrogens with zero attached hydrogens (tertiary/aromatic N) is 3. The number of hydrogen-bond donors (Lipinski definition) is 0. The number of piperazine rings is 1. The van der Waals surface area contributed by atoms with Gasteiger partial charge in [0, 0.05) is 38.3 Å². The third-order valence-corrected chi connectivity index (χ3v) is 6.27. The molecule has 0 aromatic carbocycles. The highest BCUT2D eigenvalue weighted by Crippen LogP contribution is 2.22. The van der Waals surface area contributed by atoms with Crippen LogP contribution in [0.5, 0.6) is 0 Å². The summed E-state index contributed by atoms with van der Waals surface area (Å²) in [5.41, 5.74) is 0. The molecule has 0 spiro atoms. The van der Waals surface area contributed by atoms with Crippen molar-refractivity contribution in [1.29, 1.82) is 0 Å². The molecule has 0 atom stereocenters. The zero-order valence-electron chi connectivity index (χ0n) is 18.9. The maximum atomic E-state index is 10.6. The highest BCUT2D eigenvalue weighted by Gasteiger charge is 2.16. The Morgan fingerprint density at radius 1 is 1.03 bits per heavy atom. The van der Waals surface area contributed by atoms with Gasteiger partial charge in [0.05, 0.1) is 0 Å². The van der Waals surface area contributed by atoms with Gasteiger partial charge in [-0.05, 0) is 44.4 Å². The van der Waals surface area contributed by atoms with Gasteiger partial charge in [-0.3, -0.25) is 4.79 Å². The molecule has 4 heteroatoms. The maximum absolute atomic E-state index is 10.6. The second kappa shape index (κ2) is 13.5. The smallest absolute Gasteiger partial charge is 0.133 e. The summed E-state index contributed by atoms with van der Waals surface area (Å²) in [6, 6.07) is 6.10. The molecule has 4 nitrogen and oxygen atoms in total. The Hall–Kier alpha value is -1.68. The minimum absolute atomic E-state index is 0.315. The van der Waals surface area contributed by atoms with Crippen molar-refractivity contribution >= 4 is 11.6 Å². The van der Waals surface area contributed by atoms with Crippen LogP contribution >= 0.6 is 0 Å². The maximum Gasteiger partial charge on any atom is 0.133 e. The molecule has 0 N–H and O–H groups in total. The summed E-state index contributed by atoms with van der Waals surface area (Å²) < 4.78 is 0. The molecule has 1 aliphatic heterocycles. The Balaban J connectivity index is 0.000000170. The van der Waals surface area contributed by atoms with Gasteiger partial charge >= 0.3 is 0 Å². The number of rotatable bonds is 3. The van der Waals surface area contributed by atoms with E-state index in [0.29, 0.717) is 11.7 Å². The van der Waals surface area contributed by atoms with Crippen LogP contribution in [0.4, 0.5) is 5.82 Å². The van der Waals surface area contributed by atoms with Gasteiger partial charge in [0.25, 0.3) is 0 Å². The van der Waals surface area contributed by atoms with E-state index < -0.39 is 0 Å². The van der Waals surface area contributed by atoms with Gasteiger partial charge in [0.15, 0.2) is 0 Å². The van der Waals surface area contributed by atoms with E-state index in [1.165, 1.54) is 32.1 Å². The summed E-state index contributed by atoms with van der Waals surface area (Å²) >= 11 is 0. The van der Waals surface area contributed by atoms with Crippen LogP contribution in [0.1, 0.15) is 65.7 Å². The average Bonchev–Trinajstić information content (AvgIpc) is 3.31. The molecule has 1 saturated heterocycles. The lowest BCUT2D eigenvalue weighted by molar-refractivity contribution is -0.120. The number of aromatic nitrogens is 1. The fraction of sp³-hybridized carbons (Fsp3) is 0.680. The lowest BCUT2D eigenvalue weighted by Gasteiger charge is -2.34. The number of carbonyl (C=O) groups excluding carboxylic acids is 1. The van der Waals surface area contributed by atoms with Gasteiger partial charge in [-0.25, -0.2) is 4.98 Å². The lowest BCUT2D eigenvalue weighted by atomic mass is 9.91. The second-order valence-corrected chi connectivity index (χ2v) is 8.60. The SMILES string of the molecule is CC(=O)C1CC=CC1.CC1CCCCC1.CCN1CCN(c2ccccn2)CC1. The van der Waals surface area contributed by atoms with Crippen LogP contribution < -0.4 is 4.90 Å². The van der Waals surface area contributed by atoms with Gasteiger partial charge in [0.2, 0.25) is 0 Å². The van der Waals surface area contributed by atoms with Crippen molar-refractivity contribution in [2.45, 2.75) is 65.7 Å². The third kappa shape index (κ3) is 9.12. The molecule has 29 heavy (non-hydrogen) atoms. The molecular formula is C25H41N3O. The van der Waals surface area contributed by atoms with E-state index in [4.69, 9.17) is 0 Å². The quantitative estimate of drug-likeness (QED) is 0.642. The van der Waals surface area contributed by atoms with E-state index >= 15 is 0 Å². The van der Waals surface area contributed by atoms with E-state index in [9.17, 15) is 4.79 Å². The van der Waals surface area contributed by atoms with Crippen LogP contribution in [0, 0.1) is 11.8 Å². The van der Waals surface area contributed by atoms with Crippen molar-refractivity contribution in [2.75, 3.05) is 37.6 Å². The summed E-state index contributed by atoms with van der Waals surface area (Å²) in [6.45, 7) is 11.9. The predicted molar refractivity (Wildman–Crippen MR) is 123 cm³/mol. The molecule has 0 bridgehead atoms. The Bertz CT molecular complexity index is 579. The number of allylic oxidation sites excluding steroid dienone is 2. The van der Waals surface area contributed by atoms with E-state index in [1.807, 2.05) is 12.3 Å². The monoisotopic (exact) mass is 399 g/mol. The molecule has 0 amide bonds. The zero-order chi connectivity index (χ0) is 20.9. The molecule has 0 unspecified atom stereocenters. The molecule has 1 aromatic rings. The van der Waals surface area contributed by atoms with Crippen LogP contribution in [-0.4, -0.2) is 48.4 Å². The van der Waals surface area contributed by atoms with Gasteiger partial charge in [-0.15, -0.1) is 0 Å². The number of ketones is 1. The van der Waals surface area contributed by atoms with Crippen molar-refractivity contribution in [1.82, 2.24) is 9.88 Å². The first-order valence-electron chi connectivity index (χ1n) is 11.6. The fourth-order valence-corrected chi connectivity index (χ4v) is 4.09. The van der Waals surface area contributed by atoms with E-state index in [2.05, 4.69) is 52.9 Å². The molecule has 2 aliphatic carbocycles. The molecule has 3 aliphatic rings. The van der Waals surface area contributed by atoms with Gasteiger partial charge in [0.1, 0.15) is 11.6 Å². The molecule has 0 radical (unpaired) electrons. The van der Waals surface area contributed by atoms with Crippen molar-refractivity contribution in [3.63, 3.8) is 0 Å². The van der Waals surface area contributed by atoms with Crippen LogP contribution in [-0.2, 0) is 4.79 Å². The summed E-state index contributed by atoms with van der Waals surface area (Å²) in [6.07, 6.45) is 15.4. The van der Waals surface area contributed by atoms with Crippen molar-refractivity contribution in [2.24, 2.45) is 11.8 Å². The summed E-state index contributed by atoms with van der Waals surface area (Å²) in [5.74, 6) is 2.79. The number of Topliss-reactive ketones (excluding diaryl/α,β-unsaturated/α-hetero) is 1. The molecule has 4 rings (SSSR count). The summed E-state index contributed by atoms with van der Waals surface area (Å²) in [4.78, 5) is 19.8. The molecular weight excluding hydrogens is 358 g/mol. The number of anilines is 1. The number of hydrogen-bond acceptors (Lipinski definition) is 4. The normalized spacial score (nSPS) is 20.4. The Morgan fingerprint density at radius 2 is 1.69 bits per heavy atom. The molecule has 1 saturated carbocycles. The lowest BCUT2D eigenvalue weighted by Crippen LogP contribution is -2.46. The highest BCUT2D eigenvalue weighted by atomic mass is 16.1. The number of carbonyl (C=O) groups is 1. The predicted octanol–water partition coefficient (Wildman–Crippen LogP) is 5.35. The number of pyridine rings is 1. The van der Waals surface area contributed by atoms with Crippen LogP contribution in [0.2, 0.25) is 0 Å². The van der Waals surface area contributed by atoms with Crippen LogP contribution in [0.15, 0.2) is 36.5 Å². The van der Waals surface area contributed by atoms with Gasteiger partial charge in [-0.2, -0.15) is 0 Å². The fourth-order valence-electron chi connectivity index (χ4n) is 4.09. The van der Waals surface area contributed by atoms with Gasteiger partial charge < -0.3 is 9.80 Å². The molecule has 2 heterocycles. The summed E-state index contributed by atoms with van der Waals surface area (Å²) in [5, 5.41) is 0. The van der Waals surface area contributed by atoms with E-state index in [-0.39, 0.29) is 0 Å². The summed E-state index contributed by atoms with van der Waals surface area (Å²) in [7, 11) is 0. The third-order valence-electron chi connectivity index (χ3n) is 6.27. The topological polar surface area (TPSA) is 36.4 Å². The number of likely N-dealkylation sites (N-methyl/N-ethyl adjacent to an activating group) is 1. The first-order chi connectivity index (χ1) is 14.1. The first kappa shape index (κ1) is 23.6. The van der Waals surface area contributed by atoms with Crippen LogP contribution in [0.25, 0.3) is 0 Å². The zero-order valence-corrected chi connectivity index (χ0v) is 18.9. The van der Waals surface area contributed by atoms with Crippen LogP contribution in [0.3, 0.4) is 0 Å². The molecule has 162 valence electrons. The molecule has 2 fully saturated rings. The standard InChI is InChI=1S/C11H17N3.C7H10O.C7H14/c1-2-13-7-9-14(10-8-13)11-5-3-4-6-12-11;1-6(8)7-4-2-3-5-7;1-7-5-3-2-4-6-7/h3-6H,2,7-10H2,1H3;2-3,7H,4-5H2,1H3;7H,2-6H2,1H3. The largest absolute Gasteiger partial charge is 0.354 e. The van der Waals surface area contributed by atoms with Crippen molar-refractivity contribution in [3.05, 3.63) is 36.5 Å².